The Labute approximate surface area is 114 Å². The van der Waals surface area contributed by atoms with Gasteiger partial charge in [0.25, 0.3) is 0 Å². The molecular weight excluding hydrogens is 286 g/mol. The lowest BCUT2D eigenvalue weighted by Crippen LogP contribution is -2.16. The number of rotatable bonds is 3. The normalized spacial score (nSPS) is 11.5. The number of halogens is 3. The number of benzene rings is 1. The Morgan fingerprint density at radius 1 is 1.24 bits per heavy atom. The largest absolute Gasteiger partial charge is 0.513 e. The van der Waals surface area contributed by atoms with Gasteiger partial charge in [-0.2, -0.15) is 0 Å². The van der Waals surface area contributed by atoms with Crippen LogP contribution in [0.1, 0.15) is 5.56 Å². The third-order valence-corrected chi connectivity index (χ3v) is 1.91. The molecule has 0 aromatic heterocycles. The zero-order valence-corrected chi connectivity index (χ0v) is 10.9. The van der Waals surface area contributed by atoms with E-state index in [4.69, 9.17) is 34.8 Å². The molecule has 1 rings (SSSR count). The lowest BCUT2D eigenvalue weighted by atomic mass is 10.2. The topological polar surface area (TPSA) is 35.5 Å². The average molecular weight is 296 g/mol. The maximum absolute atomic E-state index is 11.0. The van der Waals surface area contributed by atoms with Gasteiger partial charge in [0.15, 0.2) is 0 Å². The van der Waals surface area contributed by atoms with Gasteiger partial charge in [-0.25, -0.2) is 4.79 Å². The van der Waals surface area contributed by atoms with Crippen LogP contribution in [0.3, 0.4) is 0 Å². The summed E-state index contributed by atoms with van der Waals surface area (Å²) in [5, 5.41) is 0. The predicted molar refractivity (Wildman–Crippen MR) is 68.2 cm³/mol. The molecule has 0 aliphatic heterocycles. The quantitative estimate of drug-likeness (QED) is 0.477. The van der Waals surface area contributed by atoms with Crippen LogP contribution < -0.4 is 0 Å². The summed E-state index contributed by atoms with van der Waals surface area (Å²) in [6.45, 7) is -0.365. The summed E-state index contributed by atoms with van der Waals surface area (Å²) >= 11 is 16.2. The van der Waals surface area contributed by atoms with Crippen molar-refractivity contribution >= 4 is 47.0 Å². The van der Waals surface area contributed by atoms with Crippen LogP contribution in [0.15, 0.2) is 36.6 Å². The molecule has 0 aliphatic rings. The van der Waals surface area contributed by atoms with E-state index in [-0.39, 0.29) is 6.61 Å². The fourth-order valence-corrected chi connectivity index (χ4v) is 1.07. The first-order valence-corrected chi connectivity index (χ1v) is 5.72. The van der Waals surface area contributed by atoms with E-state index in [9.17, 15) is 4.79 Å². The second-order valence-electron chi connectivity index (χ2n) is 2.99. The van der Waals surface area contributed by atoms with Gasteiger partial charge in [0, 0.05) is 0 Å². The second kappa shape index (κ2) is 6.74. The van der Waals surface area contributed by atoms with Gasteiger partial charge in [-0.3, -0.25) is 0 Å². The molecule has 6 heteroatoms. The Kier molecular flexibility index (Phi) is 5.62. The zero-order chi connectivity index (χ0) is 12.7. The van der Waals surface area contributed by atoms with Crippen molar-refractivity contribution in [3.05, 3.63) is 42.2 Å². The molecule has 0 unspecified atom stereocenters. The molecule has 0 heterocycles. The van der Waals surface area contributed by atoms with E-state index < -0.39 is 9.95 Å². The fraction of sp³-hybridized carbons (Fsp3) is 0.182. The van der Waals surface area contributed by atoms with Gasteiger partial charge < -0.3 is 9.47 Å². The third kappa shape index (κ3) is 7.10. The van der Waals surface area contributed by atoms with Crippen molar-refractivity contribution in [3.8, 4) is 0 Å². The number of hydrogen-bond acceptors (Lipinski definition) is 3. The molecular formula is C11H9Cl3O3. The van der Waals surface area contributed by atoms with Gasteiger partial charge in [0.1, 0.15) is 6.61 Å². The van der Waals surface area contributed by atoms with E-state index in [0.717, 1.165) is 5.56 Å². The van der Waals surface area contributed by atoms with Crippen LogP contribution in [0, 0.1) is 0 Å². The summed E-state index contributed by atoms with van der Waals surface area (Å²) in [5.74, 6) is 0. The van der Waals surface area contributed by atoms with E-state index in [1.807, 2.05) is 30.3 Å². The Hall–Kier alpha value is -0.900. The summed E-state index contributed by atoms with van der Waals surface area (Å²) in [6, 6.07) is 9.31. The smallest absolute Gasteiger partial charge is 0.429 e. The SMILES string of the molecule is O=C(OC=Cc1ccccc1)OCC(Cl)(Cl)Cl. The van der Waals surface area contributed by atoms with Crippen LogP contribution in [0.2, 0.25) is 0 Å². The minimum Gasteiger partial charge on any atom is -0.429 e. The van der Waals surface area contributed by atoms with Crippen molar-refractivity contribution in [2.75, 3.05) is 6.61 Å². The molecule has 1 aromatic rings. The van der Waals surface area contributed by atoms with Crippen LogP contribution in [-0.2, 0) is 9.47 Å². The van der Waals surface area contributed by atoms with Crippen molar-refractivity contribution in [2.45, 2.75) is 3.79 Å². The molecule has 0 aliphatic carbocycles. The first-order valence-electron chi connectivity index (χ1n) is 4.59. The molecule has 0 radical (unpaired) electrons. The van der Waals surface area contributed by atoms with Gasteiger partial charge in [0.2, 0.25) is 3.79 Å². The number of carbonyl (C=O) groups excluding carboxylic acids is 1. The minimum atomic E-state index is -1.64. The van der Waals surface area contributed by atoms with Crippen LogP contribution in [0.5, 0.6) is 0 Å². The van der Waals surface area contributed by atoms with Gasteiger partial charge in [-0.1, -0.05) is 65.1 Å². The first kappa shape index (κ1) is 14.2. The highest BCUT2D eigenvalue weighted by molar-refractivity contribution is 6.67. The zero-order valence-electron chi connectivity index (χ0n) is 8.61. The standard InChI is InChI=1S/C11H9Cl3O3/c12-11(13,14)8-17-10(15)16-7-6-9-4-2-1-3-5-9/h1-7H,8H2. The third-order valence-electron chi connectivity index (χ3n) is 1.58. The molecule has 3 nitrogen and oxygen atoms in total. The van der Waals surface area contributed by atoms with Crippen molar-refractivity contribution in [3.63, 3.8) is 0 Å². The Morgan fingerprint density at radius 3 is 2.47 bits per heavy atom. The maximum Gasteiger partial charge on any atom is 0.513 e. The lowest BCUT2D eigenvalue weighted by Gasteiger charge is -2.09. The van der Waals surface area contributed by atoms with Gasteiger partial charge in [-0.15, -0.1) is 0 Å². The Bertz CT molecular complexity index is 385. The molecule has 92 valence electrons. The number of ether oxygens (including phenoxy) is 2. The van der Waals surface area contributed by atoms with Crippen LogP contribution >= 0.6 is 34.8 Å². The van der Waals surface area contributed by atoms with Crippen LogP contribution in [0.25, 0.3) is 6.08 Å². The van der Waals surface area contributed by atoms with E-state index in [0.29, 0.717) is 0 Å². The summed E-state index contributed by atoms with van der Waals surface area (Å²) in [4.78, 5) is 11.0. The Balaban J connectivity index is 2.31. The van der Waals surface area contributed by atoms with Crippen molar-refractivity contribution in [2.24, 2.45) is 0 Å². The number of alkyl halides is 3. The first-order chi connectivity index (χ1) is 7.97. The van der Waals surface area contributed by atoms with Crippen LogP contribution in [-0.4, -0.2) is 16.6 Å². The number of carbonyl (C=O) groups is 1. The Morgan fingerprint density at radius 2 is 1.88 bits per heavy atom. The molecule has 17 heavy (non-hydrogen) atoms. The van der Waals surface area contributed by atoms with Gasteiger partial charge in [0.05, 0.1) is 6.26 Å². The number of hydrogen-bond donors (Lipinski definition) is 0. The van der Waals surface area contributed by atoms with E-state index in [1.165, 1.54) is 6.26 Å². The molecule has 0 amide bonds. The molecule has 0 fully saturated rings. The molecule has 0 atom stereocenters. The molecule has 0 saturated heterocycles. The highest BCUT2D eigenvalue weighted by Gasteiger charge is 2.22. The molecule has 0 N–H and O–H groups in total. The molecule has 0 saturated carbocycles. The van der Waals surface area contributed by atoms with E-state index in [2.05, 4.69) is 9.47 Å². The monoisotopic (exact) mass is 294 g/mol. The molecule has 1 aromatic carbocycles. The lowest BCUT2D eigenvalue weighted by molar-refractivity contribution is 0.0868. The minimum absolute atomic E-state index is 0.365. The highest BCUT2D eigenvalue weighted by atomic mass is 35.6. The van der Waals surface area contributed by atoms with Gasteiger partial charge in [-0.05, 0) is 11.6 Å². The molecule has 0 spiro atoms. The average Bonchev–Trinajstić information content (AvgIpc) is 2.27. The summed E-state index contributed by atoms with van der Waals surface area (Å²) in [6.07, 6.45) is 1.88. The fourth-order valence-electron chi connectivity index (χ4n) is 0.907. The predicted octanol–water partition coefficient (Wildman–Crippen LogP) is 4.18. The van der Waals surface area contributed by atoms with E-state index >= 15 is 0 Å². The highest BCUT2D eigenvalue weighted by Crippen LogP contribution is 2.25. The maximum atomic E-state index is 11.0. The van der Waals surface area contributed by atoms with Gasteiger partial charge >= 0.3 is 6.16 Å². The van der Waals surface area contributed by atoms with Crippen molar-refractivity contribution < 1.29 is 14.3 Å². The summed E-state index contributed by atoms with van der Waals surface area (Å²) < 4.78 is 7.52. The second-order valence-corrected chi connectivity index (χ2v) is 5.50. The molecule has 0 bridgehead atoms. The van der Waals surface area contributed by atoms with Crippen LogP contribution in [0.4, 0.5) is 4.79 Å². The summed E-state index contributed by atoms with van der Waals surface area (Å²) in [7, 11) is 0. The van der Waals surface area contributed by atoms with Crippen molar-refractivity contribution in [1.82, 2.24) is 0 Å². The van der Waals surface area contributed by atoms with E-state index in [1.54, 1.807) is 6.08 Å². The summed E-state index contributed by atoms with van der Waals surface area (Å²) in [5.41, 5.74) is 0.890. The van der Waals surface area contributed by atoms with Crippen molar-refractivity contribution in [1.29, 1.82) is 0 Å².